The van der Waals surface area contributed by atoms with Gasteiger partial charge in [0.25, 0.3) is 0 Å². The Morgan fingerprint density at radius 3 is 1.77 bits per heavy atom. The minimum absolute atomic E-state index is 0.0185. The summed E-state index contributed by atoms with van der Waals surface area (Å²) in [6.07, 6.45) is -13.2. The summed E-state index contributed by atoms with van der Waals surface area (Å²) in [5.74, 6) is -6.65. The molecule has 0 fully saturated rings. The molecule has 125 valence electrons. The summed E-state index contributed by atoms with van der Waals surface area (Å²) in [5.41, 5.74) is -7.81. The Balaban J connectivity index is 3.73. The third-order valence-corrected chi connectivity index (χ3v) is 3.43. The lowest BCUT2D eigenvalue weighted by Gasteiger charge is -2.36. The molecule has 1 atom stereocenters. The van der Waals surface area contributed by atoms with Crippen LogP contribution in [-0.4, -0.2) is 18.3 Å². The van der Waals surface area contributed by atoms with E-state index in [1.165, 1.54) is 29.5 Å². The number of aryl methyl sites for hydroxylation is 1. The van der Waals surface area contributed by atoms with E-state index in [9.17, 15) is 39.5 Å². The van der Waals surface area contributed by atoms with Gasteiger partial charge in [-0.1, -0.05) is 13.0 Å². The lowest BCUT2D eigenvalue weighted by molar-refractivity contribution is -0.389. The van der Waals surface area contributed by atoms with Crippen LogP contribution in [0.15, 0.2) is 12.1 Å². The fourth-order valence-electron chi connectivity index (χ4n) is 1.70. The second kappa shape index (κ2) is 5.75. The first-order chi connectivity index (χ1) is 9.68. The van der Waals surface area contributed by atoms with Crippen LogP contribution in [0.3, 0.4) is 0 Å². The molecule has 1 radical (unpaired) electrons. The minimum Gasteiger partial charge on any atom is -0.221 e. The average molecular weight is 449 g/mol. The molecule has 22 heavy (non-hydrogen) atoms. The van der Waals surface area contributed by atoms with Gasteiger partial charge in [-0.15, -0.1) is 0 Å². The molecule has 0 saturated heterocycles. The van der Waals surface area contributed by atoms with Gasteiger partial charge >= 0.3 is 23.9 Å². The van der Waals surface area contributed by atoms with Gasteiger partial charge in [0, 0.05) is 9.13 Å². The van der Waals surface area contributed by atoms with Gasteiger partial charge in [0.15, 0.2) is 0 Å². The molecule has 0 saturated carbocycles. The number of benzene rings is 1. The fraction of sp³-hybridized carbons (Fsp3) is 0.500. The molecular weight excluding hydrogens is 442 g/mol. The third kappa shape index (κ3) is 3.02. The first-order valence-electron chi connectivity index (χ1n) is 5.61. The van der Waals surface area contributed by atoms with Crippen molar-refractivity contribution in [1.29, 1.82) is 0 Å². The maximum Gasteiger partial charge on any atom is 0.457 e. The second-order valence-electron chi connectivity index (χ2n) is 4.32. The quantitative estimate of drug-likeness (QED) is 0.418. The first kappa shape index (κ1) is 19.4. The topological polar surface area (TPSA) is 0 Å². The minimum atomic E-state index is -6.71. The van der Waals surface area contributed by atoms with Crippen molar-refractivity contribution in [2.24, 2.45) is 0 Å². The Hall–Kier alpha value is -0.680. The smallest absolute Gasteiger partial charge is 0.221 e. The van der Waals surface area contributed by atoms with Crippen LogP contribution in [0, 0.1) is 9.64 Å². The maximum absolute atomic E-state index is 14.2. The monoisotopic (exact) mass is 449 g/mol. The average Bonchev–Trinajstić information content (AvgIpc) is 2.33. The molecule has 0 aliphatic carbocycles. The van der Waals surface area contributed by atoms with Crippen LogP contribution in [0.25, 0.3) is 0 Å². The zero-order chi connectivity index (χ0) is 17.6. The number of alkyl halides is 9. The Labute approximate surface area is 132 Å². The predicted molar refractivity (Wildman–Crippen MR) is 67.2 cm³/mol. The van der Waals surface area contributed by atoms with Gasteiger partial charge in [0.2, 0.25) is 0 Å². The Morgan fingerprint density at radius 2 is 1.41 bits per heavy atom. The molecule has 1 rings (SSSR count). The van der Waals surface area contributed by atoms with E-state index in [4.69, 9.17) is 0 Å². The molecule has 0 heterocycles. The highest BCUT2D eigenvalue weighted by atomic mass is 127. The van der Waals surface area contributed by atoms with Gasteiger partial charge < -0.3 is 0 Å². The van der Waals surface area contributed by atoms with Gasteiger partial charge in [-0.2, -0.15) is 35.1 Å². The van der Waals surface area contributed by atoms with Crippen molar-refractivity contribution in [3.8, 4) is 0 Å². The summed E-state index contributed by atoms with van der Waals surface area (Å²) in [6.45, 7) is 1.40. The zero-order valence-electron chi connectivity index (χ0n) is 10.6. The van der Waals surface area contributed by atoms with Crippen molar-refractivity contribution < 1.29 is 39.5 Å². The second-order valence-corrected chi connectivity index (χ2v) is 5.49. The molecule has 1 aromatic carbocycles. The van der Waals surface area contributed by atoms with E-state index in [0.717, 1.165) is 0 Å². The van der Waals surface area contributed by atoms with Crippen molar-refractivity contribution in [2.45, 2.75) is 37.3 Å². The van der Waals surface area contributed by atoms with Crippen molar-refractivity contribution >= 4 is 22.6 Å². The van der Waals surface area contributed by atoms with E-state index in [2.05, 4.69) is 6.07 Å². The summed E-state index contributed by atoms with van der Waals surface area (Å²) >= 11 is 1.36. The van der Waals surface area contributed by atoms with E-state index >= 15 is 0 Å². The van der Waals surface area contributed by atoms with E-state index in [1.54, 1.807) is 0 Å². The van der Waals surface area contributed by atoms with Gasteiger partial charge in [-0.05, 0) is 46.7 Å². The summed E-state index contributed by atoms with van der Waals surface area (Å²) in [5, 5.41) is 0. The van der Waals surface area contributed by atoms with Crippen LogP contribution in [0.1, 0.15) is 18.1 Å². The van der Waals surface area contributed by atoms with E-state index in [1.807, 2.05) is 0 Å². The van der Waals surface area contributed by atoms with E-state index in [-0.39, 0.29) is 21.6 Å². The number of rotatable bonds is 3. The highest BCUT2D eigenvalue weighted by Crippen LogP contribution is 2.58. The SMILES string of the molecule is CCc1[c]c(I)cc(C(F)(C(F)(F)F)C(F)(F)C(F)(F)F)c1. The molecule has 0 spiro atoms. The van der Waals surface area contributed by atoms with Crippen LogP contribution < -0.4 is 0 Å². The number of hydrogen-bond donors (Lipinski definition) is 0. The van der Waals surface area contributed by atoms with Crippen LogP contribution in [0.5, 0.6) is 0 Å². The Bertz CT molecular complexity index is 547. The molecule has 0 aromatic heterocycles. The molecule has 0 bridgehead atoms. The molecule has 0 aliphatic heterocycles. The van der Waals surface area contributed by atoms with Crippen molar-refractivity contribution in [3.05, 3.63) is 32.9 Å². The molecular formula is C12H7F9I. The standard InChI is InChI=1S/C12H7F9I/c1-2-6-3-7(5-8(22)4-6)9(13,11(16,17)18)10(14,15)12(19,20)21/h3,5H,2H2,1H3. The summed E-state index contributed by atoms with van der Waals surface area (Å²) in [6, 6.07) is 3.02. The van der Waals surface area contributed by atoms with Crippen molar-refractivity contribution in [3.63, 3.8) is 0 Å². The highest BCUT2D eigenvalue weighted by molar-refractivity contribution is 14.1. The van der Waals surface area contributed by atoms with Gasteiger partial charge in [-0.3, -0.25) is 0 Å². The Kier molecular flexibility index (Phi) is 5.06. The summed E-state index contributed by atoms with van der Waals surface area (Å²) < 4.78 is 116. The van der Waals surface area contributed by atoms with E-state index < -0.39 is 29.5 Å². The molecule has 1 unspecified atom stereocenters. The molecule has 0 N–H and O–H groups in total. The fourth-order valence-corrected chi connectivity index (χ4v) is 2.38. The summed E-state index contributed by atoms with van der Waals surface area (Å²) in [4.78, 5) is 0. The van der Waals surface area contributed by atoms with Gasteiger partial charge in [0.05, 0.1) is 0 Å². The lowest BCUT2D eigenvalue weighted by Crippen LogP contribution is -2.59. The van der Waals surface area contributed by atoms with Crippen LogP contribution in [0.2, 0.25) is 0 Å². The molecule has 1 aromatic rings. The van der Waals surface area contributed by atoms with Crippen molar-refractivity contribution in [2.75, 3.05) is 0 Å². The molecule has 0 amide bonds. The molecule has 0 aliphatic rings. The molecule has 10 heteroatoms. The summed E-state index contributed by atoms with van der Waals surface area (Å²) in [7, 11) is 0. The van der Waals surface area contributed by atoms with Crippen LogP contribution in [-0.2, 0) is 12.1 Å². The Morgan fingerprint density at radius 1 is 0.909 bits per heavy atom. The van der Waals surface area contributed by atoms with Crippen LogP contribution in [0.4, 0.5) is 39.5 Å². The van der Waals surface area contributed by atoms with Gasteiger partial charge in [-0.25, -0.2) is 4.39 Å². The van der Waals surface area contributed by atoms with Gasteiger partial charge in [0.1, 0.15) is 0 Å². The highest BCUT2D eigenvalue weighted by Gasteiger charge is 2.81. The predicted octanol–water partition coefficient (Wildman–Crippen LogP) is 5.58. The largest absolute Gasteiger partial charge is 0.457 e. The zero-order valence-corrected chi connectivity index (χ0v) is 12.8. The lowest BCUT2D eigenvalue weighted by atomic mass is 9.86. The van der Waals surface area contributed by atoms with E-state index in [0.29, 0.717) is 6.07 Å². The normalized spacial score (nSPS) is 16.5. The number of halogens is 10. The van der Waals surface area contributed by atoms with Crippen molar-refractivity contribution in [1.82, 2.24) is 0 Å². The maximum atomic E-state index is 14.2. The first-order valence-corrected chi connectivity index (χ1v) is 6.68. The number of hydrogen-bond acceptors (Lipinski definition) is 0. The third-order valence-electron chi connectivity index (χ3n) is 2.85. The molecule has 0 nitrogen and oxygen atoms in total. The van der Waals surface area contributed by atoms with Crippen LogP contribution >= 0.6 is 22.6 Å².